The Hall–Kier alpha value is -3.46. The third kappa shape index (κ3) is 9.00. The van der Waals surface area contributed by atoms with E-state index < -0.39 is 27.9 Å². The zero-order valence-electron chi connectivity index (χ0n) is 28.1. The summed E-state index contributed by atoms with van der Waals surface area (Å²) in [7, 11) is -4.04. The Morgan fingerprint density at radius 2 is 1.69 bits per heavy atom. The molecule has 2 aromatic heterocycles. The number of ether oxygens (including phenoxy) is 1. The molecule has 276 valence electrons. The maximum atomic E-state index is 14.0. The lowest BCUT2D eigenvalue weighted by atomic mass is 10.1. The Morgan fingerprint density at radius 3 is 2.35 bits per heavy atom. The second kappa shape index (κ2) is 15.9. The van der Waals surface area contributed by atoms with Crippen molar-refractivity contribution in [2.75, 3.05) is 26.2 Å². The standard InChI is InChI=1S/C35H35Cl2F3N6O4S2/c1-22-20-45(21-23(2)50-22)52(48,49)41-19-28-32(34(47)43-44-16-4-3-5-17-44)42-46(30-14-11-26(36)18-29(30)37)33(28)31-15-13-27(51-31)12-8-24-6-9-25(10-7-24)35(38,39)40/h6-7,9-11,13-15,18,22-23,41H,3-5,16-17,19-21H2,1-2H3,(H,43,47). The highest BCUT2D eigenvalue weighted by molar-refractivity contribution is 7.87. The molecule has 2 atom stereocenters. The van der Waals surface area contributed by atoms with Crippen LogP contribution in [0.15, 0.2) is 54.6 Å². The van der Waals surface area contributed by atoms with Gasteiger partial charge in [0, 0.05) is 48.9 Å². The van der Waals surface area contributed by atoms with Crippen molar-refractivity contribution < 1.29 is 31.1 Å². The zero-order chi connectivity index (χ0) is 37.2. The number of carbonyl (C=O) groups excluding carboxylic acids is 1. The molecule has 17 heteroatoms. The van der Waals surface area contributed by atoms with Crippen molar-refractivity contribution in [3.05, 3.63) is 91.9 Å². The van der Waals surface area contributed by atoms with Crippen LogP contribution in [0.25, 0.3) is 16.3 Å². The van der Waals surface area contributed by atoms with E-state index in [0.29, 0.717) is 50.4 Å². The number of piperidine rings is 1. The summed E-state index contributed by atoms with van der Waals surface area (Å²) in [6.45, 7) is 4.92. The number of amides is 1. The van der Waals surface area contributed by atoms with Crippen LogP contribution in [0.2, 0.25) is 10.0 Å². The van der Waals surface area contributed by atoms with Gasteiger partial charge in [-0.15, -0.1) is 11.3 Å². The number of halogens is 5. The minimum atomic E-state index is -4.46. The van der Waals surface area contributed by atoms with Crippen molar-refractivity contribution in [2.45, 2.75) is 58.0 Å². The second-order valence-corrected chi connectivity index (χ2v) is 16.2. The van der Waals surface area contributed by atoms with E-state index in [1.165, 1.54) is 38.5 Å². The van der Waals surface area contributed by atoms with Crippen LogP contribution in [0.1, 0.15) is 65.2 Å². The lowest BCUT2D eigenvalue weighted by Crippen LogP contribution is -2.51. The van der Waals surface area contributed by atoms with Gasteiger partial charge in [-0.1, -0.05) is 41.5 Å². The number of aromatic nitrogens is 2. The maximum absolute atomic E-state index is 14.0. The third-order valence-corrected chi connectivity index (χ3v) is 11.5. The summed E-state index contributed by atoms with van der Waals surface area (Å²) in [6.07, 6.45) is -2.22. The molecular weight excluding hydrogens is 760 g/mol. The van der Waals surface area contributed by atoms with Gasteiger partial charge in [0.15, 0.2) is 5.69 Å². The molecule has 4 heterocycles. The molecule has 2 aliphatic rings. The molecule has 2 aromatic carbocycles. The number of thiophene rings is 1. The van der Waals surface area contributed by atoms with Gasteiger partial charge in [0.25, 0.3) is 16.1 Å². The van der Waals surface area contributed by atoms with E-state index in [0.717, 1.165) is 31.4 Å². The molecule has 0 spiro atoms. The SMILES string of the molecule is CC1CN(S(=O)(=O)NCc2c(C(=O)NN3CCCCC3)nn(-c3ccc(Cl)cc3Cl)c2-c2ccc(C#Cc3ccc(C(F)(F)F)cc3)s2)CC(C)O1. The molecule has 0 aliphatic carbocycles. The molecule has 2 fully saturated rings. The van der Waals surface area contributed by atoms with Gasteiger partial charge in [0.1, 0.15) is 0 Å². The van der Waals surface area contributed by atoms with Crippen molar-refractivity contribution in [3.63, 3.8) is 0 Å². The van der Waals surface area contributed by atoms with E-state index in [1.807, 2.05) is 5.01 Å². The normalized spacial score (nSPS) is 18.9. The molecule has 4 aromatic rings. The van der Waals surface area contributed by atoms with Crippen LogP contribution in [0.3, 0.4) is 0 Å². The maximum Gasteiger partial charge on any atom is 0.416 e. The highest BCUT2D eigenvalue weighted by atomic mass is 35.5. The molecule has 2 aliphatic heterocycles. The largest absolute Gasteiger partial charge is 0.416 e. The van der Waals surface area contributed by atoms with Crippen LogP contribution in [0.4, 0.5) is 13.2 Å². The Labute approximate surface area is 314 Å². The van der Waals surface area contributed by atoms with Gasteiger partial charge in [-0.3, -0.25) is 10.2 Å². The Kier molecular flexibility index (Phi) is 11.7. The van der Waals surface area contributed by atoms with E-state index in [-0.39, 0.29) is 42.6 Å². The van der Waals surface area contributed by atoms with Crippen LogP contribution in [-0.4, -0.2) is 71.8 Å². The fourth-order valence-electron chi connectivity index (χ4n) is 6.07. The van der Waals surface area contributed by atoms with Gasteiger partial charge in [0.2, 0.25) is 0 Å². The first-order valence-corrected chi connectivity index (χ1v) is 19.5. The quantitative estimate of drug-likeness (QED) is 0.188. The van der Waals surface area contributed by atoms with Gasteiger partial charge in [0.05, 0.1) is 43.9 Å². The third-order valence-electron chi connectivity index (χ3n) is 8.49. The second-order valence-electron chi connectivity index (χ2n) is 12.6. The molecular formula is C35H35Cl2F3N6O4S2. The summed E-state index contributed by atoms with van der Waals surface area (Å²) in [5, 5.41) is 7.18. The number of morpholine rings is 1. The average molecular weight is 796 g/mol. The number of hydrogen-bond donors (Lipinski definition) is 2. The van der Waals surface area contributed by atoms with E-state index in [1.54, 1.807) is 38.1 Å². The monoisotopic (exact) mass is 794 g/mol. The molecule has 0 radical (unpaired) electrons. The van der Waals surface area contributed by atoms with Crippen LogP contribution in [0, 0.1) is 11.8 Å². The van der Waals surface area contributed by atoms with Crippen molar-refractivity contribution in [1.82, 2.24) is 29.2 Å². The summed E-state index contributed by atoms with van der Waals surface area (Å²) in [5.41, 5.74) is 3.63. The minimum absolute atomic E-state index is 0.0104. The first-order valence-electron chi connectivity index (χ1n) is 16.5. The number of alkyl halides is 3. The fraction of sp³-hybridized carbons (Fsp3) is 0.371. The number of hydrogen-bond acceptors (Lipinski definition) is 7. The number of nitrogens with zero attached hydrogens (tertiary/aromatic N) is 4. The molecule has 2 N–H and O–H groups in total. The highest BCUT2D eigenvalue weighted by Gasteiger charge is 2.34. The van der Waals surface area contributed by atoms with Crippen LogP contribution >= 0.6 is 34.5 Å². The number of benzene rings is 2. The fourth-order valence-corrected chi connectivity index (χ4v) is 8.80. The molecule has 10 nitrogen and oxygen atoms in total. The Bertz CT molecular complexity index is 2100. The van der Waals surface area contributed by atoms with E-state index in [9.17, 15) is 26.4 Å². The van der Waals surface area contributed by atoms with Crippen LogP contribution < -0.4 is 10.1 Å². The predicted octanol–water partition coefficient (Wildman–Crippen LogP) is 6.90. The molecule has 2 saturated heterocycles. The van der Waals surface area contributed by atoms with E-state index in [2.05, 4.69) is 22.0 Å². The van der Waals surface area contributed by atoms with Crippen LogP contribution in [0.5, 0.6) is 0 Å². The zero-order valence-corrected chi connectivity index (χ0v) is 31.3. The van der Waals surface area contributed by atoms with Gasteiger partial charge in [-0.25, -0.2) is 9.69 Å². The first-order chi connectivity index (χ1) is 24.7. The molecule has 0 saturated carbocycles. The summed E-state index contributed by atoms with van der Waals surface area (Å²) < 4.78 is 77.7. The number of nitrogens with one attached hydrogen (secondary N) is 2. The van der Waals surface area contributed by atoms with Crippen molar-refractivity contribution in [1.29, 1.82) is 0 Å². The molecule has 52 heavy (non-hydrogen) atoms. The lowest BCUT2D eigenvalue weighted by Gasteiger charge is -2.34. The molecule has 0 bridgehead atoms. The van der Waals surface area contributed by atoms with Crippen LogP contribution in [-0.2, 0) is 27.7 Å². The minimum Gasteiger partial charge on any atom is -0.373 e. The van der Waals surface area contributed by atoms with Gasteiger partial charge < -0.3 is 4.74 Å². The number of hydrazine groups is 1. The highest BCUT2D eigenvalue weighted by Crippen LogP contribution is 2.37. The summed E-state index contributed by atoms with van der Waals surface area (Å²) >= 11 is 14.2. The predicted molar refractivity (Wildman–Crippen MR) is 195 cm³/mol. The Morgan fingerprint density at radius 1 is 1.00 bits per heavy atom. The van der Waals surface area contributed by atoms with Gasteiger partial charge in [-0.05, 0) is 81.3 Å². The van der Waals surface area contributed by atoms with E-state index in [4.69, 9.17) is 33.0 Å². The summed E-state index contributed by atoms with van der Waals surface area (Å²) in [6, 6.07) is 12.8. The van der Waals surface area contributed by atoms with Crippen molar-refractivity contribution >= 4 is 50.7 Å². The first kappa shape index (κ1) is 38.3. The van der Waals surface area contributed by atoms with E-state index >= 15 is 0 Å². The molecule has 1 amide bonds. The lowest BCUT2D eigenvalue weighted by molar-refractivity contribution is -0.137. The van der Waals surface area contributed by atoms with Crippen molar-refractivity contribution in [3.8, 4) is 28.1 Å². The molecule has 6 rings (SSSR count). The number of carbonyl (C=O) groups is 1. The topological polar surface area (TPSA) is 109 Å². The summed E-state index contributed by atoms with van der Waals surface area (Å²) in [5.74, 6) is 5.37. The molecule has 2 unspecified atom stereocenters. The smallest absolute Gasteiger partial charge is 0.373 e. The van der Waals surface area contributed by atoms with Gasteiger partial charge in [-0.2, -0.15) is 35.7 Å². The van der Waals surface area contributed by atoms with Gasteiger partial charge >= 0.3 is 6.18 Å². The Balaban J connectivity index is 1.43. The van der Waals surface area contributed by atoms with Crippen molar-refractivity contribution in [2.24, 2.45) is 0 Å². The summed E-state index contributed by atoms with van der Waals surface area (Å²) in [4.78, 5) is 15.1. The average Bonchev–Trinajstić information content (AvgIpc) is 3.71. The number of rotatable bonds is 8.